The summed E-state index contributed by atoms with van der Waals surface area (Å²) < 4.78 is 0. The molecule has 0 atom stereocenters. The van der Waals surface area contributed by atoms with E-state index in [0.717, 1.165) is 23.6 Å². The zero-order valence-corrected chi connectivity index (χ0v) is 13.3. The molecule has 1 amide bonds. The van der Waals surface area contributed by atoms with Crippen LogP contribution in [0.4, 0.5) is 5.69 Å². The SMILES string of the molecule is CCN(C(=O)CCC1CCCCC1)c1cc(O)ccc1C. The first-order chi connectivity index (χ1) is 10.1. The Balaban J connectivity index is 1.99. The molecule has 1 N–H and O–H groups in total. The lowest BCUT2D eigenvalue weighted by Gasteiger charge is -2.25. The lowest BCUT2D eigenvalue weighted by atomic mass is 9.86. The van der Waals surface area contributed by atoms with Crippen molar-refractivity contribution in [3.63, 3.8) is 0 Å². The van der Waals surface area contributed by atoms with E-state index in [9.17, 15) is 9.90 Å². The average molecular weight is 289 g/mol. The quantitative estimate of drug-likeness (QED) is 0.872. The van der Waals surface area contributed by atoms with E-state index in [4.69, 9.17) is 0 Å². The van der Waals surface area contributed by atoms with Gasteiger partial charge in [0.05, 0.1) is 5.69 Å². The van der Waals surface area contributed by atoms with Crippen LogP contribution in [0.5, 0.6) is 5.75 Å². The number of amides is 1. The van der Waals surface area contributed by atoms with Gasteiger partial charge in [-0.25, -0.2) is 0 Å². The maximum atomic E-state index is 12.5. The van der Waals surface area contributed by atoms with Crippen LogP contribution in [0.25, 0.3) is 0 Å². The molecule has 21 heavy (non-hydrogen) atoms. The lowest BCUT2D eigenvalue weighted by Crippen LogP contribution is -2.31. The first kappa shape index (κ1) is 15.9. The number of carbonyl (C=O) groups is 1. The molecule has 2 rings (SSSR count). The second-order valence-electron chi connectivity index (χ2n) is 6.15. The molecular weight excluding hydrogens is 262 g/mol. The fourth-order valence-corrected chi connectivity index (χ4v) is 3.31. The Morgan fingerprint density at radius 1 is 1.29 bits per heavy atom. The van der Waals surface area contributed by atoms with E-state index in [-0.39, 0.29) is 11.7 Å². The summed E-state index contributed by atoms with van der Waals surface area (Å²) in [4.78, 5) is 14.3. The smallest absolute Gasteiger partial charge is 0.226 e. The van der Waals surface area contributed by atoms with Gasteiger partial charge in [0.25, 0.3) is 0 Å². The van der Waals surface area contributed by atoms with E-state index >= 15 is 0 Å². The van der Waals surface area contributed by atoms with Gasteiger partial charge in [0.2, 0.25) is 5.91 Å². The van der Waals surface area contributed by atoms with Gasteiger partial charge in [-0.2, -0.15) is 0 Å². The van der Waals surface area contributed by atoms with Gasteiger partial charge >= 0.3 is 0 Å². The number of rotatable bonds is 5. The third-order valence-electron chi connectivity index (χ3n) is 4.59. The molecule has 3 heteroatoms. The summed E-state index contributed by atoms with van der Waals surface area (Å²) in [6, 6.07) is 5.22. The van der Waals surface area contributed by atoms with Crippen LogP contribution in [-0.2, 0) is 4.79 Å². The highest BCUT2D eigenvalue weighted by Gasteiger charge is 2.19. The predicted molar refractivity (Wildman–Crippen MR) is 86.7 cm³/mol. The number of benzene rings is 1. The van der Waals surface area contributed by atoms with Crippen LogP contribution in [0.3, 0.4) is 0 Å². The summed E-state index contributed by atoms with van der Waals surface area (Å²) >= 11 is 0. The van der Waals surface area contributed by atoms with Crippen molar-refractivity contribution in [2.24, 2.45) is 5.92 Å². The van der Waals surface area contributed by atoms with Gasteiger partial charge in [-0.1, -0.05) is 38.2 Å². The van der Waals surface area contributed by atoms with Crippen LogP contribution in [0.2, 0.25) is 0 Å². The zero-order chi connectivity index (χ0) is 15.2. The molecular formula is C18H27NO2. The van der Waals surface area contributed by atoms with Crippen molar-refractivity contribution in [2.45, 2.75) is 58.8 Å². The summed E-state index contributed by atoms with van der Waals surface area (Å²) in [6.45, 7) is 4.61. The van der Waals surface area contributed by atoms with Gasteiger partial charge in [0, 0.05) is 19.0 Å². The van der Waals surface area contributed by atoms with Gasteiger partial charge in [-0.05, 0) is 37.8 Å². The fraction of sp³-hybridized carbons (Fsp3) is 0.611. The Kier molecular flexibility index (Phi) is 5.66. The summed E-state index contributed by atoms with van der Waals surface area (Å²) in [5.41, 5.74) is 1.87. The van der Waals surface area contributed by atoms with Crippen LogP contribution in [0, 0.1) is 12.8 Å². The number of aromatic hydroxyl groups is 1. The highest BCUT2D eigenvalue weighted by atomic mass is 16.3. The van der Waals surface area contributed by atoms with Crippen molar-refractivity contribution in [2.75, 3.05) is 11.4 Å². The van der Waals surface area contributed by atoms with Crippen molar-refractivity contribution < 1.29 is 9.90 Å². The third kappa shape index (κ3) is 4.23. The highest BCUT2D eigenvalue weighted by Crippen LogP contribution is 2.29. The van der Waals surface area contributed by atoms with Crippen LogP contribution in [0.15, 0.2) is 18.2 Å². The third-order valence-corrected chi connectivity index (χ3v) is 4.59. The monoisotopic (exact) mass is 289 g/mol. The van der Waals surface area contributed by atoms with Crippen molar-refractivity contribution in [1.82, 2.24) is 0 Å². The Morgan fingerprint density at radius 2 is 2.00 bits per heavy atom. The molecule has 1 fully saturated rings. The maximum Gasteiger partial charge on any atom is 0.226 e. The molecule has 1 aromatic carbocycles. The number of phenolic OH excluding ortho intramolecular Hbond substituents is 1. The van der Waals surface area contributed by atoms with Gasteiger partial charge in [-0.3, -0.25) is 4.79 Å². The summed E-state index contributed by atoms with van der Waals surface area (Å²) in [6.07, 6.45) is 8.19. The van der Waals surface area contributed by atoms with E-state index < -0.39 is 0 Å². The van der Waals surface area contributed by atoms with Crippen LogP contribution in [0.1, 0.15) is 57.4 Å². The molecule has 116 valence electrons. The minimum absolute atomic E-state index is 0.178. The molecule has 0 spiro atoms. The van der Waals surface area contributed by atoms with Gasteiger partial charge < -0.3 is 10.0 Å². The first-order valence-electron chi connectivity index (χ1n) is 8.21. The molecule has 1 aliphatic rings. The second kappa shape index (κ2) is 7.48. The fourth-order valence-electron chi connectivity index (χ4n) is 3.31. The number of hydrogen-bond acceptors (Lipinski definition) is 2. The molecule has 0 aromatic heterocycles. The van der Waals surface area contributed by atoms with Crippen LogP contribution >= 0.6 is 0 Å². The molecule has 0 heterocycles. The minimum Gasteiger partial charge on any atom is -0.508 e. The van der Waals surface area contributed by atoms with E-state index in [1.807, 2.05) is 19.9 Å². The topological polar surface area (TPSA) is 40.5 Å². The Morgan fingerprint density at radius 3 is 2.67 bits per heavy atom. The van der Waals surface area contributed by atoms with Crippen molar-refractivity contribution >= 4 is 11.6 Å². The van der Waals surface area contributed by atoms with E-state index in [2.05, 4.69) is 0 Å². The first-order valence-corrected chi connectivity index (χ1v) is 8.21. The highest BCUT2D eigenvalue weighted by molar-refractivity contribution is 5.94. The molecule has 3 nitrogen and oxygen atoms in total. The Labute approximate surface area is 128 Å². The minimum atomic E-state index is 0.178. The predicted octanol–water partition coefficient (Wildman–Crippen LogP) is 4.41. The summed E-state index contributed by atoms with van der Waals surface area (Å²) in [5.74, 6) is 1.12. The molecule has 0 unspecified atom stereocenters. The van der Waals surface area contributed by atoms with Gasteiger partial charge in [-0.15, -0.1) is 0 Å². The van der Waals surface area contributed by atoms with Crippen molar-refractivity contribution in [3.05, 3.63) is 23.8 Å². The Hall–Kier alpha value is -1.51. The largest absolute Gasteiger partial charge is 0.508 e. The van der Waals surface area contributed by atoms with Crippen LogP contribution in [-0.4, -0.2) is 17.6 Å². The lowest BCUT2D eigenvalue weighted by molar-refractivity contribution is -0.118. The number of nitrogens with zero attached hydrogens (tertiary/aromatic N) is 1. The molecule has 1 aliphatic carbocycles. The second-order valence-corrected chi connectivity index (χ2v) is 6.15. The normalized spacial score (nSPS) is 15.9. The Bertz CT molecular complexity index is 478. The van der Waals surface area contributed by atoms with Crippen molar-refractivity contribution in [1.29, 1.82) is 0 Å². The molecule has 0 saturated heterocycles. The number of phenols is 1. The van der Waals surface area contributed by atoms with E-state index in [1.54, 1.807) is 17.0 Å². The van der Waals surface area contributed by atoms with Crippen LogP contribution < -0.4 is 4.90 Å². The maximum absolute atomic E-state index is 12.5. The number of anilines is 1. The summed E-state index contributed by atoms with van der Waals surface area (Å²) in [7, 11) is 0. The van der Waals surface area contributed by atoms with Gasteiger partial charge in [0.1, 0.15) is 5.75 Å². The van der Waals surface area contributed by atoms with Gasteiger partial charge in [0.15, 0.2) is 0 Å². The number of aryl methyl sites for hydroxylation is 1. The molecule has 1 saturated carbocycles. The summed E-state index contributed by atoms with van der Waals surface area (Å²) in [5, 5.41) is 9.66. The molecule has 1 aromatic rings. The van der Waals surface area contributed by atoms with E-state index in [0.29, 0.717) is 13.0 Å². The molecule has 0 aliphatic heterocycles. The van der Waals surface area contributed by atoms with Crippen molar-refractivity contribution in [3.8, 4) is 5.75 Å². The number of hydrogen-bond donors (Lipinski definition) is 1. The zero-order valence-electron chi connectivity index (χ0n) is 13.3. The standard InChI is InChI=1S/C18H27NO2/c1-3-19(17-13-16(20)11-9-14(17)2)18(21)12-10-15-7-5-4-6-8-15/h9,11,13,15,20H,3-8,10,12H2,1-2H3. The van der Waals surface area contributed by atoms with E-state index in [1.165, 1.54) is 32.1 Å². The average Bonchev–Trinajstić information content (AvgIpc) is 2.50. The molecule has 0 bridgehead atoms. The molecule has 0 radical (unpaired) electrons. The number of carbonyl (C=O) groups excluding carboxylic acids is 1.